The van der Waals surface area contributed by atoms with Gasteiger partial charge in [-0.15, -0.1) is 0 Å². The topological polar surface area (TPSA) is 38.1 Å². The Hall–Kier alpha value is -1.04. The number of rotatable bonds is 3. The van der Waals surface area contributed by atoms with E-state index < -0.39 is 11.9 Å². The molecule has 1 N–H and O–H groups in total. The molecule has 0 radical (unpaired) electrons. The Bertz CT molecular complexity index is 395. The second kappa shape index (κ2) is 5.30. The predicted octanol–water partition coefficient (Wildman–Crippen LogP) is 2.80. The molecule has 2 heterocycles. The van der Waals surface area contributed by atoms with Crippen LogP contribution in [0.1, 0.15) is 37.1 Å². The van der Waals surface area contributed by atoms with Crippen molar-refractivity contribution in [3.05, 3.63) is 17.3 Å². The third kappa shape index (κ3) is 3.04. The fraction of sp³-hybridized carbons (Fsp3) is 0.750. The lowest BCUT2D eigenvalue weighted by atomic mass is 9.96. The Labute approximate surface area is 104 Å². The number of hydrogen-bond acceptors (Lipinski definition) is 3. The van der Waals surface area contributed by atoms with Gasteiger partial charge in [0.05, 0.1) is 5.69 Å². The molecule has 3 nitrogen and oxygen atoms in total. The quantitative estimate of drug-likeness (QED) is 0.910. The molecular formula is C12H17F3N2O. The highest BCUT2D eigenvalue weighted by molar-refractivity contribution is 5.13. The van der Waals surface area contributed by atoms with Crippen LogP contribution >= 0.6 is 0 Å². The van der Waals surface area contributed by atoms with E-state index in [9.17, 15) is 13.2 Å². The largest absolute Gasteiger partial charge is 0.451 e. The van der Waals surface area contributed by atoms with Gasteiger partial charge in [-0.05, 0) is 38.3 Å². The minimum atomic E-state index is -4.44. The summed E-state index contributed by atoms with van der Waals surface area (Å²) in [6.45, 7) is 3.46. The number of nitrogens with one attached hydrogen (secondary N) is 1. The van der Waals surface area contributed by atoms with Gasteiger partial charge in [-0.1, -0.05) is 6.92 Å². The molecule has 0 bridgehead atoms. The molecule has 0 aromatic carbocycles. The molecule has 0 saturated carbocycles. The van der Waals surface area contributed by atoms with Gasteiger partial charge < -0.3 is 9.73 Å². The maximum Gasteiger partial charge on any atom is 0.451 e. The first-order valence-electron chi connectivity index (χ1n) is 6.27. The van der Waals surface area contributed by atoms with Gasteiger partial charge in [0.15, 0.2) is 5.89 Å². The smallest absolute Gasteiger partial charge is 0.436 e. The lowest BCUT2D eigenvalue weighted by Gasteiger charge is -2.21. The Morgan fingerprint density at radius 1 is 1.44 bits per heavy atom. The minimum absolute atomic E-state index is 0.0151. The van der Waals surface area contributed by atoms with Crippen molar-refractivity contribution in [1.82, 2.24) is 10.3 Å². The summed E-state index contributed by atoms with van der Waals surface area (Å²) in [5.41, 5.74) is 0.0151. The van der Waals surface area contributed by atoms with E-state index in [0.717, 1.165) is 25.9 Å². The Balaban J connectivity index is 2.11. The van der Waals surface area contributed by atoms with E-state index in [0.29, 0.717) is 12.3 Å². The molecule has 6 heteroatoms. The molecule has 1 aliphatic heterocycles. The molecule has 102 valence electrons. The van der Waals surface area contributed by atoms with Crippen LogP contribution in [0.15, 0.2) is 4.42 Å². The first-order chi connectivity index (χ1) is 8.50. The number of piperidine rings is 1. The van der Waals surface area contributed by atoms with Crippen molar-refractivity contribution >= 4 is 0 Å². The summed E-state index contributed by atoms with van der Waals surface area (Å²) < 4.78 is 43.0. The second-order valence-electron chi connectivity index (χ2n) is 4.65. The van der Waals surface area contributed by atoms with Gasteiger partial charge in [-0.25, -0.2) is 4.98 Å². The highest BCUT2D eigenvalue weighted by Gasteiger charge is 2.39. The van der Waals surface area contributed by atoms with E-state index in [2.05, 4.69) is 10.3 Å². The molecule has 1 fully saturated rings. The van der Waals surface area contributed by atoms with Gasteiger partial charge in [0.2, 0.25) is 5.76 Å². The lowest BCUT2D eigenvalue weighted by Crippen LogP contribution is -2.30. The van der Waals surface area contributed by atoms with Crippen LogP contribution in [0.25, 0.3) is 0 Å². The number of aromatic nitrogens is 1. The number of halogens is 3. The van der Waals surface area contributed by atoms with Crippen LogP contribution < -0.4 is 5.32 Å². The molecule has 1 unspecified atom stereocenters. The maximum absolute atomic E-state index is 12.7. The van der Waals surface area contributed by atoms with E-state index in [-0.39, 0.29) is 18.0 Å². The van der Waals surface area contributed by atoms with E-state index in [4.69, 9.17) is 4.42 Å². The van der Waals surface area contributed by atoms with Crippen molar-refractivity contribution in [2.45, 2.75) is 38.8 Å². The van der Waals surface area contributed by atoms with Crippen molar-refractivity contribution in [3.8, 4) is 0 Å². The first kappa shape index (κ1) is 13.4. The van der Waals surface area contributed by atoms with Crippen LogP contribution in [-0.4, -0.2) is 18.1 Å². The fourth-order valence-corrected chi connectivity index (χ4v) is 2.29. The van der Waals surface area contributed by atoms with Crippen LogP contribution in [0.4, 0.5) is 13.2 Å². The van der Waals surface area contributed by atoms with Gasteiger partial charge in [-0.3, -0.25) is 0 Å². The van der Waals surface area contributed by atoms with E-state index in [1.54, 1.807) is 6.92 Å². The molecule has 0 aliphatic carbocycles. The summed E-state index contributed by atoms with van der Waals surface area (Å²) in [6.07, 6.45) is -1.66. The zero-order valence-electron chi connectivity index (χ0n) is 10.3. The average Bonchev–Trinajstić information content (AvgIpc) is 2.73. The summed E-state index contributed by atoms with van der Waals surface area (Å²) >= 11 is 0. The van der Waals surface area contributed by atoms with Gasteiger partial charge in [0.25, 0.3) is 0 Å². The lowest BCUT2D eigenvalue weighted by molar-refractivity contribution is -0.154. The molecule has 0 amide bonds. The van der Waals surface area contributed by atoms with Crippen LogP contribution in [0.3, 0.4) is 0 Å². The fourth-order valence-electron chi connectivity index (χ4n) is 2.29. The monoisotopic (exact) mass is 262 g/mol. The third-order valence-electron chi connectivity index (χ3n) is 3.20. The molecule has 1 aliphatic rings. The summed E-state index contributed by atoms with van der Waals surface area (Å²) in [5, 5.41) is 3.23. The summed E-state index contributed by atoms with van der Waals surface area (Å²) in [5.74, 6) is -0.389. The maximum atomic E-state index is 12.7. The molecule has 1 atom stereocenters. The van der Waals surface area contributed by atoms with E-state index in [1.807, 2.05) is 0 Å². The third-order valence-corrected chi connectivity index (χ3v) is 3.20. The summed E-state index contributed by atoms with van der Waals surface area (Å²) in [4.78, 5) is 3.97. The molecule has 2 rings (SSSR count). The standard InChI is InChI=1S/C12H17F3N2O/c1-2-9-11(12(13,14)15)18-10(17-9)6-8-4-3-5-16-7-8/h8,16H,2-7H2,1H3. The zero-order chi connectivity index (χ0) is 13.2. The van der Waals surface area contributed by atoms with Crippen LogP contribution in [-0.2, 0) is 19.0 Å². The number of aryl methyl sites for hydroxylation is 1. The number of nitrogens with zero attached hydrogens (tertiary/aromatic N) is 1. The normalized spacial score (nSPS) is 21.2. The van der Waals surface area contributed by atoms with Gasteiger partial charge in [0.1, 0.15) is 0 Å². The number of oxazole rings is 1. The Kier molecular flexibility index (Phi) is 3.94. The van der Waals surface area contributed by atoms with Crippen molar-refractivity contribution in [2.75, 3.05) is 13.1 Å². The molecule has 0 spiro atoms. The first-order valence-corrected chi connectivity index (χ1v) is 6.27. The number of hydrogen-bond donors (Lipinski definition) is 1. The number of alkyl halides is 3. The van der Waals surface area contributed by atoms with Gasteiger partial charge in [-0.2, -0.15) is 13.2 Å². The minimum Gasteiger partial charge on any atom is -0.436 e. The average molecular weight is 262 g/mol. The summed E-state index contributed by atoms with van der Waals surface area (Å²) in [7, 11) is 0. The SMILES string of the molecule is CCc1nc(CC2CCCNC2)oc1C(F)(F)F. The Morgan fingerprint density at radius 2 is 2.22 bits per heavy atom. The van der Waals surface area contributed by atoms with Gasteiger partial charge >= 0.3 is 6.18 Å². The molecule has 1 aromatic rings. The van der Waals surface area contributed by atoms with Crippen molar-refractivity contribution in [1.29, 1.82) is 0 Å². The molecule has 18 heavy (non-hydrogen) atoms. The van der Waals surface area contributed by atoms with Crippen molar-refractivity contribution in [3.63, 3.8) is 0 Å². The van der Waals surface area contributed by atoms with Crippen LogP contribution in [0, 0.1) is 5.92 Å². The second-order valence-corrected chi connectivity index (χ2v) is 4.65. The van der Waals surface area contributed by atoms with Crippen LogP contribution in [0.5, 0.6) is 0 Å². The van der Waals surface area contributed by atoms with Gasteiger partial charge in [0, 0.05) is 6.42 Å². The molecule has 1 saturated heterocycles. The van der Waals surface area contributed by atoms with Crippen LogP contribution in [0.2, 0.25) is 0 Å². The van der Waals surface area contributed by atoms with E-state index >= 15 is 0 Å². The van der Waals surface area contributed by atoms with Crippen molar-refractivity contribution < 1.29 is 17.6 Å². The zero-order valence-corrected chi connectivity index (χ0v) is 10.3. The Morgan fingerprint density at radius 3 is 2.72 bits per heavy atom. The van der Waals surface area contributed by atoms with E-state index in [1.165, 1.54) is 0 Å². The predicted molar refractivity (Wildman–Crippen MR) is 60.2 cm³/mol. The molecule has 1 aromatic heterocycles. The highest BCUT2D eigenvalue weighted by atomic mass is 19.4. The molecular weight excluding hydrogens is 245 g/mol. The summed E-state index contributed by atoms with van der Waals surface area (Å²) in [6, 6.07) is 0. The highest BCUT2D eigenvalue weighted by Crippen LogP contribution is 2.33. The van der Waals surface area contributed by atoms with Crippen molar-refractivity contribution in [2.24, 2.45) is 5.92 Å².